The predicted molar refractivity (Wildman–Crippen MR) is 138 cm³/mol. The number of piperidine rings is 1. The summed E-state index contributed by atoms with van der Waals surface area (Å²) in [7, 11) is 2.12. The van der Waals surface area contributed by atoms with E-state index < -0.39 is 5.54 Å². The number of aromatic amines is 1. The molecule has 0 bridgehead atoms. The summed E-state index contributed by atoms with van der Waals surface area (Å²) in [5.74, 6) is 2.03. The molecule has 1 fully saturated rings. The number of aromatic nitrogens is 5. The van der Waals surface area contributed by atoms with E-state index >= 15 is 0 Å². The van der Waals surface area contributed by atoms with Crippen molar-refractivity contribution in [3.8, 4) is 17.1 Å². The highest BCUT2D eigenvalue weighted by atomic mass is 16.5. The number of carbonyl (C=O) groups excluding carboxylic acids is 1. The first-order valence-corrected chi connectivity index (χ1v) is 12.4. The maximum absolute atomic E-state index is 13.2. The number of fused-ring (bicyclic) bond motifs is 1. The molecule has 6 rings (SSSR count). The van der Waals surface area contributed by atoms with Gasteiger partial charge in [0.2, 0.25) is 0 Å². The molecule has 2 aliphatic rings. The van der Waals surface area contributed by atoms with Gasteiger partial charge in [-0.2, -0.15) is 5.10 Å². The Morgan fingerprint density at radius 2 is 1.92 bits per heavy atom. The molecular formula is C27H28N8O2. The highest BCUT2D eigenvalue weighted by Crippen LogP contribution is 2.36. The predicted octanol–water partition coefficient (Wildman–Crippen LogP) is 3.16. The monoisotopic (exact) mass is 496 g/mol. The molecule has 3 N–H and O–H groups in total. The highest BCUT2D eigenvalue weighted by molar-refractivity contribution is 5.95. The van der Waals surface area contributed by atoms with Crippen LogP contribution in [-0.2, 0) is 5.54 Å². The second-order valence-corrected chi connectivity index (χ2v) is 9.59. The van der Waals surface area contributed by atoms with E-state index in [1.165, 1.54) is 0 Å². The molecule has 0 spiro atoms. The van der Waals surface area contributed by atoms with Crippen LogP contribution >= 0.6 is 0 Å². The van der Waals surface area contributed by atoms with Gasteiger partial charge in [0.25, 0.3) is 5.91 Å². The van der Waals surface area contributed by atoms with Gasteiger partial charge in [0.15, 0.2) is 11.6 Å². The Morgan fingerprint density at radius 1 is 1.11 bits per heavy atom. The minimum atomic E-state index is -0.441. The first-order chi connectivity index (χ1) is 18.1. The molecule has 1 saturated heterocycles. The van der Waals surface area contributed by atoms with Gasteiger partial charge in [-0.3, -0.25) is 19.9 Å². The maximum Gasteiger partial charge on any atom is 0.251 e. The summed E-state index contributed by atoms with van der Waals surface area (Å²) in [5, 5.41) is 14.5. The molecule has 37 heavy (non-hydrogen) atoms. The summed E-state index contributed by atoms with van der Waals surface area (Å²) in [6.07, 6.45) is 8.58. The molecular weight excluding hydrogens is 468 g/mol. The van der Waals surface area contributed by atoms with Crippen LogP contribution < -0.4 is 15.4 Å². The van der Waals surface area contributed by atoms with Gasteiger partial charge in [-0.1, -0.05) is 6.07 Å². The highest BCUT2D eigenvalue weighted by Gasteiger charge is 2.39. The van der Waals surface area contributed by atoms with E-state index in [0.29, 0.717) is 18.0 Å². The number of hydrogen-bond donors (Lipinski definition) is 3. The largest absolute Gasteiger partial charge is 0.491 e. The van der Waals surface area contributed by atoms with E-state index in [2.05, 4.69) is 42.7 Å². The topological polar surface area (TPSA) is 121 Å². The molecule has 10 heteroatoms. The number of likely N-dealkylation sites (tertiary alicyclic amines) is 1. The number of benzene rings is 1. The smallest absolute Gasteiger partial charge is 0.251 e. The first kappa shape index (κ1) is 23.1. The second kappa shape index (κ2) is 9.62. The van der Waals surface area contributed by atoms with Crippen molar-refractivity contribution in [2.45, 2.75) is 24.4 Å². The fourth-order valence-corrected chi connectivity index (χ4v) is 4.95. The molecule has 10 nitrogen and oxygen atoms in total. The molecule has 1 amide bonds. The van der Waals surface area contributed by atoms with Gasteiger partial charge in [-0.15, -0.1) is 0 Å². The summed E-state index contributed by atoms with van der Waals surface area (Å²) in [4.78, 5) is 28.6. The lowest BCUT2D eigenvalue weighted by atomic mass is 9.86. The van der Waals surface area contributed by atoms with Crippen LogP contribution in [0.1, 0.15) is 40.6 Å². The molecule has 4 aromatic rings. The van der Waals surface area contributed by atoms with E-state index in [9.17, 15) is 4.79 Å². The van der Waals surface area contributed by atoms with Gasteiger partial charge in [0, 0.05) is 60.3 Å². The average molecular weight is 497 g/mol. The zero-order chi connectivity index (χ0) is 25.2. The van der Waals surface area contributed by atoms with Crippen LogP contribution in [0.3, 0.4) is 0 Å². The van der Waals surface area contributed by atoms with E-state index in [1.807, 2.05) is 42.5 Å². The number of hydrogen-bond acceptors (Lipinski definition) is 8. The van der Waals surface area contributed by atoms with Gasteiger partial charge in [-0.05, 0) is 56.3 Å². The van der Waals surface area contributed by atoms with Gasteiger partial charge in [0.05, 0.1) is 11.6 Å². The molecule has 188 valence electrons. The molecule has 5 heterocycles. The normalized spacial score (nSPS) is 18.6. The van der Waals surface area contributed by atoms with Crippen molar-refractivity contribution in [1.82, 2.24) is 35.4 Å². The van der Waals surface area contributed by atoms with Gasteiger partial charge in [-0.25, -0.2) is 4.98 Å². The number of H-pyrrole nitrogens is 1. The van der Waals surface area contributed by atoms with Crippen molar-refractivity contribution in [1.29, 1.82) is 0 Å². The molecule has 0 unspecified atom stereocenters. The SMILES string of the molecule is CN1CCC(Nc2cccc(C(=O)N[C@H]3COc4ccncc43)c2)(c2nc(-c3ccncc3)n[nH]2)CC1. The number of anilines is 1. The molecule has 0 radical (unpaired) electrons. The van der Waals surface area contributed by atoms with Crippen molar-refractivity contribution < 1.29 is 9.53 Å². The fraction of sp³-hybridized carbons (Fsp3) is 0.296. The number of rotatable bonds is 6. The van der Waals surface area contributed by atoms with Crippen LogP contribution in [0.2, 0.25) is 0 Å². The molecule has 0 aliphatic carbocycles. The van der Waals surface area contributed by atoms with Gasteiger partial charge < -0.3 is 20.3 Å². The third-order valence-electron chi connectivity index (χ3n) is 7.12. The number of pyridine rings is 2. The van der Waals surface area contributed by atoms with Crippen molar-refractivity contribution in [2.24, 2.45) is 0 Å². The first-order valence-electron chi connectivity index (χ1n) is 12.4. The maximum atomic E-state index is 13.2. The number of carbonyl (C=O) groups is 1. The minimum Gasteiger partial charge on any atom is -0.491 e. The number of nitrogens with zero attached hydrogens (tertiary/aromatic N) is 5. The standard InChI is InChI=1S/C27H28N8O2/c1-35-13-8-27(9-14-35,26-31-24(33-34-26)18-5-10-28-11-6-18)32-20-4-2-3-19(15-20)25(36)30-22-17-37-23-7-12-29-16-21(22)23/h2-7,10-12,15-16,22,32H,8-9,13-14,17H2,1H3,(H,30,36)(H,31,33,34)/t22-/m0/s1. The third kappa shape index (κ3) is 4.63. The Morgan fingerprint density at radius 3 is 2.76 bits per heavy atom. The Hall–Kier alpha value is -4.31. The van der Waals surface area contributed by atoms with E-state index in [-0.39, 0.29) is 11.9 Å². The number of nitrogens with one attached hydrogen (secondary N) is 3. The quantitative estimate of drug-likeness (QED) is 0.372. The second-order valence-electron chi connectivity index (χ2n) is 9.59. The van der Waals surface area contributed by atoms with E-state index in [1.54, 1.807) is 24.8 Å². The Kier molecular flexibility index (Phi) is 6.01. The van der Waals surface area contributed by atoms with Gasteiger partial charge in [0.1, 0.15) is 12.4 Å². The number of amides is 1. The van der Waals surface area contributed by atoms with Crippen molar-refractivity contribution >= 4 is 11.6 Å². The minimum absolute atomic E-state index is 0.161. The zero-order valence-electron chi connectivity index (χ0n) is 20.5. The molecule has 1 atom stereocenters. The lowest BCUT2D eigenvalue weighted by Crippen LogP contribution is -2.46. The lowest BCUT2D eigenvalue weighted by molar-refractivity contribution is 0.0930. The van der Waals surface area contributed by atoms with Crippen molar-refractivity contribution in [3.63, 3.8) is 0 Å². The van der Waals surface area contributed by atoms with Crippen LogP contribution in [0.4, 0.5) is 5.69 Å². The van der Waals surface area contributed by atoms with Crippen LogP contribution in [0, 0.1) is 0 Å². The molecule has 0 saturated carbocycles. The Labute approximate surface area is 214 Å². The summed E-state index contributed by atoms with van der Waals surface area (Å²) in [5.41, 5.74) is 2.78. The average Bonchev–Trinajstić information content (AvgIpc) is 3.59. The lowest BCUT2D eigenvalue weighted by Gasteiger charge is -2.40. The Balaban J connectivity index is 1.24. The van der Waals surface area contributed by atoms with Crippen LogP contribution in [0.5, 0.6) is 5.75 Å². The Bertz CT molecular complexity index is 1400. The van der Waals surface area contributed by atoms with E-state index in [0.717, 1.165) is 54.3 Å². The van der Waals surface area contributed by atoms with E-state index in [4.69, 9.17) is 9.72 Å². The van der Waals surface area contributed by atoms with Crippen LogP contribution in [0.25, 0.3) is 11.4 Å². The molecule has 3 aromatic heterocycles. The van der Waals surface area contributed by atoms with Crippen molar-refractivity contribution in [3.05, 3.63) is 84.2 Å². The zero-order valence-corrected chi connectivity index (χ0v) is 20.5. The molecule has 2 aliphatic heterocycles. The summed E-state index contributed by atoms with van der Waals surface area (Å²) in [6.45, 7) is 2.22. The van der Waals surface area contributed by atoms with Crippen LogP contribution in [0.15, 0.2) is 67.3 Å². The summed E-state index contributed by atoms with van der Waals surface area (Å²) < 4.78 is 5.69. The summed E-state index contributed by atoms with van der Waals surface area (Å²) >= 11 is 0. The van der Waals surface area contributed by atoms with Crippen LogP contribution in [-0.4, -0.2) is 62.7 Å². The third-order valence-corrected chi connectivity index (χ3v) is 7.12. The summed E-state index contributed by atoms with van der Waals surface area (Å²) in [6, 6.07) is 13.0. The van der Waals surface area contributed by atoms with Gasteiger partial charge >= 0.3 is 0 Å². The van der Waals surface area contributed by atoms with Crippen molar-refractivity contribution in [2.75, 3.05) is 32.1 Å². The fourth-order valence-electron chi connectivity index (χ4n) is 4.95. The number of ether oxygens (including phenoxy) is 1. The molecule has 1 aromatic carbocycles.